The number of benzene rings is 1. The van der Waals surface area contributed by atoms with Crippen LogP contribution in [0.3, 0.4) is 0 Å². The number of hydrogen-bond donors (Lipinski definition) is 0. The zero-order valence-electron chi connectivity index (χ0n) is 11.2. The topological polar surface area (TPSA) is 33.0 Å². The first-order valence-electron chi connectivity index (χ1n) is 6.00. The lowest BCUT2D eigenvalue weighted by Crippen LogP contribution is -2.01. The van der Waals surface area contributed by atoms with Crippen molar-refractivity contribution in [1.29, 1.82) is 5.26 Å². The van der Waals surface area contributed by atoms with E-state index in [1.807, 2.05) is 6.92 Å². The molecule has 0 spiro atoms. The van der Waals surface area contributed by atoms with Crippen molar-refractivity contribution < 1.29 is 4.74 Å². The van der Waals surface area contributed by atoms with Crippen LogP contribution >= 0.6 is 0 Å². The summed E-state index contributed by atoms with van der Waals surface area (Å²) in [5.41, 5.74) is 4.81. The molecular formula is C15H19NO. The van der Waals surface area contributed by atoms with Gasteiger partial charge in [0, 0.05) is 5.92 Å². The number of ether oxygens (including phenoxy) is 1. The van der Waals surface area contributed by atoms with E-state index in [-0.39, 0.29) is 5.41 Å². The molecular weight excluding hydrogens is 210 g/mol. The first-order valence-corrected chi connectivity index (χ1v) is 6.00. The smallest absolute Gasteiger partial charge is 0.124 e. The van der Waals surface area contributed by atoms with E-state index in [4.69, 9.17) is 10.00 Å². The van der Waals surface area contributed by atoms with Crippen LogP contribution < -0.4 is 4.74 Å². The Balaban J connectivity index is 2.49. The van der Waals surface area contributed by atoms with Crippen molar-refractivity contribution in [3.63, 3.8) is 0 Å². The molecule has 2 atom stereocenters. The third-order valence-corrected chi connectivity index (χ3v) is 4.14. The van der Waals surface area contributed by atoms with Crippen LogP contribution in [0.5, 0.6) is 5.75 Å². The lowest BCUT2D eigenvalue weighted by Gasteiger charge is -2.16. The van der Waals surface area contributed by atoms with E-state index in [1.165, 1.54) is 16.7 Å². The van der Waals surface area contributed by atoms with Crippen LogP contribution in [0.2, 0.25) is 0 Å². The highest BCUT2D eigenvalue weighted by Crippen LogP contribution is 2.59. The summed E-state index contributed by atoms with van der Waals surface area (Å²) < 4.78 is 5.43. The molecule has 0 N–H and O–H groups in total. The molecule has 1 aromatic rings. The quantitative estimate of drug-likeness (QED) is 0.775. The van der Waals surface area contributed by atoms with Crippen LogP contribution in [0.15, 0.2) is 6.07 Å². The number of nitrogens with zero attached hydrogens (tertiary/aromatic N) is 1. The fraction of sp³-hybridized carbons (Fsp3) is 0.533. The average Bonchev–Trinajstić information content (AvgIpc) is 2.97. The zero-order valence-corrected chi connectivity index (χ0v) is 11.2. The lowest BCUT2D eigenvalue weighted by atomic mass is 9.92. The number of rotatable bonds is 2. The molecule has 1 fully saturated rings. The van der Waals surface area contributed by atoms with Crippen molar-refractivity contribution in [1.82, 2.24) is 0 Å². The van der Waals surface area contributed by atoms with Gasteiger partial charge >= 0.3 is 0 Å². The molecule has 0 aliphatic heterocycles. The van der Waals surface area contributed by atoms with E-state index in [2.05, 4.69) is 32.9 Å². The Morgan fingerprint density at radius 3 is 2.47 bits per heavy atom. The van der Waals surface area contributed by atoms with Gasteiger partial charge in [0.1, 0.15) is 5.75 Å². The van der Waals surface area contributed by atoms with E-state index < -0.39 is 0 Å². The molecule has 2 heteroatoms. The first kappa shape index (κ1) is 12.0. The molecule has 1 aliphatic rings. The van der Waals surface area contributed by atoms with Gasteiger partial charge in [0.05, 0.1) is 18.6 Å². The molecule has 2 unspecified atom stereocenters. The van der Waals surface area contributed by atoms with Crippen molar-refractivity contribution in [3.8, 4) is 11.8 Å². The second-order valence-electron chi connectivity index (χ2n) is 5.35. The number of hydrogen-bond acceptors (Lipinski definition) is 2. The molecule has 90 valence electrons. The second kappa shape index (κ2) is 3.77. The maximum atomic E-state index is 9.15. The highest BCUT2D eigenvalue weighted by atomic mass is 16.5. The molecule has 0 aromatic heterocycles. The van der Waals surface area contributed by atoms with E-state index in [9.17, 15) is 0 Å². The molecule has 0 heterocycles. The van der Waals surface area contributed by atoms with Crippen LogP contribution in [0.4, 0.5) is 0 Å². The molecule has 2 rings (SSSR count). The Morgan fingerprint density at radius 1 is 1.35 bits per heavy atom. The SMILES string of the molecule is COc1c(C)cc(C2CC2(C)C#N)c(C)c1C. The van der Waals surface area contributed by atoms with E-state index >= 15 is 0 Å². The van der Waals surface area contributed by atoms with Crippen LogP contribution in [0, 0.1) is 37.5 Å². The summed E-state index contributed by atoms with van der Waals surface area (Å²) in [4.78, 5) is 0. The van der Waals surface area contributed by atoms with Crippen molar-refractivity contribution >= 4 is 0 Å². The monoisotopic (exact) mass is 229 g/mol. The minimum atomic E-state index is -0.155. The normalized spacial score (nSPS) is 26.5. The largest absolute Gasteiger partial charge is 0.496 e. The Bertz CT molecular complexity index is 513. The summed E-state index contributed by atoms with van der Waals surface area (Å²) in [5.74, 6) is 1.38. The second-order valence-corrected chi connectivity index (χ2v) is 5.35. The predicted molar refractivity (Wildman–Crippen MR) is 68.3 cm³/mol. The van der Waals surface area contributed by atoms with Gasteiger partial charge in [-0.15, -0.1) is 0 Å². The Hall–Kier alpha value is -1.49. The number of methoxy groups -OCH3 is 1. The lowest BCUT2D eigenvalue weighted by molar-refractivity contribution is 0.408. The molecule has 1 aromatic carbocycles. The van der Waals surface area contributed by atoms with Gasteiger partial charge in [-0.2, -0.15) is 5.26 Å². The number of aryl methyl sites for hydroxylation is 1. The summed E-state index contributed by atoms with van der Waals surface area (Å²) in [6.45, 7) is 8.34. The molecule has 0 amide bonds. The fourth-order valence-corrected chi connectivity index (χ4v) is 2.71. The highest BCUT2D eigenvalue weighted by Gasteiger charge is 2.52. The molecule has 2 nitrogen and oxygen atoms in total. The Labute approximate surface area is 103 Å². The highest BCUT2D eigenvalue weighted by molar-refractivity contribution is 5.52. The molecule has 0 radical (unpaired) electrons. The predicted octanol–water partition coefficient (Wildman–Crippen LogP) is 3.64. The summed E-state index contributed by atoms with van der Waals surface area (Å²) in [6, 6.07) is 4.62. The van der Waals surface area contributed by atoms with E-state index in [0.29, 0.717) is 5.92 Å². The summed E-state index contributed by atoms with van der Waals surface area (Å²) in [5, 5.41) is 9.15. The van der Waals surface area contributed by atoms with Gasteiger partial charge in [-0.3, -0.25) is 0 Å². The fourth-order valence-electron chi connectivity index (χ4n) is 2.71. The van der Waals surface area contributed by atoms with Gasteiger partial charge in [0.2, 0.25) is 0 Å². The van der Waals surface area contributed by atoms with Crippen LogP contribution in [-0.2, 0) is 0 Å². The van der Waals surface area contributed by atoms with Gasteiger partial charge in [0.15, 0.2) is 0 Å². The van der Waals surface area contributed by atoms with Crippen molar-refractivity contribution in [2.75, 3.05) is 7.11 Å². The molecule has 0 bridgehead atoms. The minimum Gasteiger partial charge on any atom is -0.496 e. The van der Waals surface area contributed by atoms with Gasteiger partial charge < -0.3 is 4.74 Å². The van der Waals surface area contributed by atoms with Crippen LogP contribution in [0.1, 0.15) is 41.5 Å². The standard InChI is InChI=1S/C15H19NO/c1-9-6-12(13-7-15(13,4)8-16)10(2)11(3)14(9)17-5/h6,13H,7H2,1-5H3. The molecule has 1 saturated carbocycles. The Morgan fingerprint density at radius 2 is 2.00 bits per heavy atom. The third-order valence-electron chi connectivity index (χ3n) is 4.14. The summed E-state index contributed by atoms with van der Waals surface area (Å²) in [7, 11) is 1.71. The van der Waals surface area contributed by atoms with Crippen molar-refractivity contribution in [2.24, 2.45) is 5.41 Å². The molecule has 0 saturated heterocycles. The van der Waals surface area contributed by atoms with Crippen molar-refractivity contribution in [2.45, 2.75) is 40.0 Å². The minimum absolute atomic E-state index is 0.155. The van der Waals surface area contributed by atoms with Crippen LogP contribution in [0.25, 0.3) is 0 Å². The van der Waals surface area contributed by atoms with Gasteiger partial charge in [0.25, 0.3) is 0 Å². The molecule has 1 aliphatic carbocycles. The summed E-state index contributed by atoms with van der Waals surface area (Å²) in [6.07, 6.45) is 0.982. The average molecular weight is 229 g/mol. The number of nitriles is 1. The maximum Gasteiger partial charge on any atom is 0.124 e. The van der Waals surface area contributed by atoms with E-state index in [0.717, 1.165) is 17.7 Å². The summed E-state index contributed by atoms with van der Waals surface area (Å²) >= 11 is 0. The molecule has 17 heavy (non-hydrogen) atoms. The zero-order chi connectivity index (χ0) is 12.8. The third kappa shape index (κ3) is 1.70. The Kier molecular flexibility index (Phi) is 2.66. The van der Waals surface area contributed by atoms with Gasteiger partial charge in [-0.05, 0) is 56.4 Å². The first-order chi connectivity index (χ1) is 7.94. The maximum absolute atomic E-state index is 9.15. The van der Waals surface area contributed by atoms with Gasteiger partial charge in [-0.1, -0.05) is 6.07 Å². The van der Waals surface area contributed by atoms with Crippen LogP contribution in [-0.4, -0.2) is 7.11 Å². The van der Waals surface area contributed by atoms with E-state index in [1.54, 1.807) is 7.11 Å². The van der Waals surface area contributed by atoms with Crippen molar-refractivity contribution in [3.05, 3.63) is 28.3 Å². The van der Waals surface area contributed by atoms with Gasteiger partial charge in [-0.25, -0.2) is 0 Å².